The van der Waals surface area contributed by atoms with Crippen LogP contribution in [0.3, 0.4) is 0 Å². The zero-order valence-corrected chi connectivity index (χ0v) is 12.6. The van der Waals surface area contributed by atoms with Crippen LogP contribution in [0.25, 0.3) is 0 Å². The highest BCUT2D eigenvalue weighted by atomic mass is 16.4. The van der Waals surface area contributed by atoms with Crippen LogP contribution in [0.4, 0.5) is 10.5 Å². The third-order valence-corrected chi connectivity index (χ3v) is 3.93. The van der Waals surface area contributed by atoms with Gasteiger partial charge in [-0.1, -0.05) is 17.7 Å². The Morgan fingerprint density at radius 3 is 2.57 bits per heavy atom. The van der Waals surface area contributed by atoms with Crippen LogP contribution in [0.15, 0.2) is 24.3 Å². The van der Waals surface area contributed by atoms with E-state index in [0.717, 1.165) is 24.1 Å². The van der Waals surface area contributed by atoms with Gasteiger partial charge in [-0.3, -0.25) is 9.69 Å². The molecule has 1 aromatic carbocycles. The molecule has 1 aromatic rings. The number of carbonyl (C=O) groups excluding carboxylic acids is 1. The van der Waals surface area contributed by atoms with Crippen LogP contribution in [-0.4, -0.2) is 41.1 Å². The second-order valence-electron chi connectivity index (χ2n) is 5.45. The van der Waals surface area contributed by atoms with E-state index < -0.39 is 5.97 Å². The topological polar surface area (TPSA) is 60.9 Å². The zero-order chi connectivity index (χ0) is 15.4. The number of aryl methyl sites for hydroxylation is 1. The maximum atomic E-state index is 12.7. The van der Waals surface area contributed by atoms with Crippen LogP contribution in [0, 0.1) is 6.92 Å². The Labute approximate surface area is 125 Å². The number of anilines is 1. The second kappa shape index (κ2) is 6.61. The van der Waals surface area contributed by atoms with Crippen LogP contribution in [0.5, 0.6) is 0 Å². The van der Waals surface area contributed by atoms with Crippen molar-refractivity contribution in [3.63, 3.8) is 0 Å². The van der Waals surface area contributed by atoms with Crippen molar-refractivity contribution in [3.8, 4) is 0 Å². The third kappa shape index (κ3) is 3.54. The van der Waals surface area contributed by atoms with Crippen molar-refractivity contribution in [3.05, 3.63) is 29.8 Å². The predicted molar refractivity (Wildman–Crippen MR) is 81.6 cm³/mol. The van der Waals surface area contributed by atoms with Gasteiger partial charge in [0.25, 0.3) is 0 Å². The monoisotopic (exact) mass is 290 g/mol. The van der Waals surface area contributed by atoms with Crippen molar-refractivity contribution in [1.29, 1.82) is 0 Å². The SMILES string of the molecule is CCN(C(=O)N1CCCC1CC(=O)O)c1ccc(C)cc1. The van der Waals surface area contributed by atoms with Crippen molar-refractivity contribution in [2.75, 3.05) is 18.0 Å². The number of likely N-dealkylation sites (tertiary alicyclic amines) is 1. The maximum Gasteiger partial charge on any atom is 0.324 e. The molecule has 2 amide bonds. The minimum atomic E-state index is -0.849. The number of aliphatic carboxylic acids is 1. The van der Waals surface area contributed by atoms with E-state index in [4.69, 9.17) is 5.11 Å². The molecule has 0 aliphatic carbocycles. The molecule has 21 heavy (non-hydrogen) atoms. The summed E-state index contributed by atoms with van der Waals surface area (Å²) in [7, 11) is 0. The molecule has 1 atom stereocenters. The van der Waals surface area contributed by atoms with E-state index in [0.29, 0.717) is 13.1 Å². The standard InChI is InChI=1S/C16H22N2O3/c1-3-17(13-8-6-12(2)7-9-13)16(21)18-10-4-5-14(18)11-15(19)20/h6-9,14H,3-5,10-11H2,1-2H3,(H,19,20). The maximum absolute atomic E-state index is 12.7. The van der Waals surface area contributed by atoms with Gasteiger partial charge in [0.1, 0.15) is 0 Å². The van der Waals surface area contributed by atoms with Crippen LogP contribution >= 0.6 is 0 Å². The molecule has 1 saturated heterocycles. The van der Waals surface area contributed by atoms with Gasteiger partial charge in [0, 0.05) is 24.8 Å². The van der Waals surface area contributed by atoms with Crippen molar-refractivity contribution in [2.45, 2.75) is 39.2 Å². The molecule has 0 radical (unpaired) electrons. The Hall–Kier alpha value is -2.04. The van der Waals surface area contributed by atoms with E-state index >= 15 is 0 Å². The molecule has 0 saturated carbocycles. The van der Waals surface area contributed by atoms with Gasteiger partial charge in [0.05, 0.1) is 6.42 Å². The minimum Gasteiger partial charge on any atom is -0.481 e. The van der Waals surface area contributed by atoms with Gasteiger partial charge < -0.3 is 10.0 Å². The van der Waals surface area contributed by atoms with Crippen molar-refractivity contribution in [2.24, 2.45) is 0 Å². The first-order valence-corrected chi connectivity index (χ1v) is 7.39. The summed E-state index contributed by atoms with van der Waals surface area (Å²) < 4.78 is 0. The van der Waals surface area contributed by atoms with Crippen molar-refractivity contribution in [1.82, 2.24) is 4.90 Å². The molecule has 0 bridgehead atoms. The average Bonchev–Trinajstić information content (AvgIpc) is 2.88. The first-order chi connectivity index (χ1) is 10.0. The molecular weight excluding hydrogens is 268 g/mol. The molecule has 5 nitrogen and oxygen atoms in total. The smallest absolute Gasteiger partial charge is 0.324 e. The summed E-state index contributed by atoms with van der Waals surface area (Å²) in [5, 5.41) is 8.97. The Morgan fingerprint density at radius 1 is 1.33 bits per heavy atom. The van der Waals surface area contributed by atoms with Gasteiger partial charge in [0.15, 0.2) is 0 Å². The molecular formula is C16H22N2O3. The molecule has 2 rings (SSSR count). The summed E-state index contributed by atoms with van der Waals surface area (Å²) in [4.78, 5) is 27.0. The third-order valence-electron chi connectivity index (χ3n) is 3.93. The van der Waals surface area contributed by atoms with E-state index in [1.165, 1.54) is 0 Å². The average molecular weight is 290 g/mol. The van der Waals surface area contributed by atoms with E-state index in [9.17, 15) is 9.59 Å². The lowest BCUT2D eigenvalue weighted by atomic mass is 10.1. The quantitative estimate of drug-likeness (QED) is 0.927. The highest BCUT2D eigenvalue weighted by molar-refractivity contribution is 5.92. The molecule has 1 N–H and O–H groups in total. The van der Waals surface area contributed by atoms with Gasteiger partial charge in [0.2, 0.25) is 0 Å². The largest absolute Gasteiger partial charge is 0.481 e. The number of urea groups is 1. The van der Waals surface area contributed by atoms with Crippen LogP contribution in [0.1, 0.15) is 31.7 Å². The fourth-order valence-corrected chi connectivity index (χ4v) is 2.81. The van der Waals surface area contributed by atoms with E-state index in [1.54, 1.807) is 9.80 Å². The predicted octanol–water partition coefficient (Wildman–Crippen LogP) is 2.88. The van der Waals surface area contributed by atoms with Crippen LogP contribution in [0.2, 0.25) is 0 Å². The van der Waals surface area contributed by atoms with E-state index in [2.05, 4.69) is 0 Å². The Bertz CT molecular complexity index is 513. The lowest BCUT2D eigenvalue weighted by Gasteiger charge is -2.30. The normalized spacial score (nSPS) is 17.8. The number of carboxylic acid groups (broad SMARTS) is 1. The molecule has 114 valence electrons. The first kappa shape index (κ1) is 15.4. The zero-order valence-electron chi connectivity index (χ0n) is 12.6. The Kier molecular flexibility index (Phi) is 4.83. The number of carboxylic acids is 1. The van der Waals surface area contributed by atoms with Gasteiger partial charge in [-0.25, -0.2) is 4.79 Å². The van der Waals surface area contributed by atoms with Crippen molar-refractivity contribution < 1.29 is 14.7 Å². The first-order valence-electron chi connectivity index (χ1n) is 7.39. The number of nitrogens with zero attached hydrogens (tertiary/aromatic N) is 2. The summed E-state index contributed by atoms with van der Waals surface area (Å²) in [6.45, 7) is 5.14. The number of carbonyl (C=O) groups is 2. The molecule has 0 aromatic heterocycles. The second-order valence-corrected chi connectivity index (χ2v) is 5.45. The number of hydrogen-bond acceptors (Lipinski definition) is 2. The molecule has 0 spiro atoms. The number of benzene rings is 1. The Morgan fingerprint density at radius 2 is 2.00 bits per heavy atom. The summed E-state index contributed by atoms with van der Waals surface area (Å²) in [5.41, 5.74) is 2.00. The van der Waals surface area contributed by atoms with Crippen LogP contribution in [-0.2, 0) is 4.79 Å². The highest BCUT2D eigenvalue weighted by Crippen LogP contribution is 2.24. The summed E-state index contributed by atoms with van der Waals surface area (Å²) in [6, 6.07) is 7.53. The van der Waals surface area contributed by atoms with E-state index in [-0.39, 0.29) is 18.5 Å². The van der Waals surface area contributed by atoms with Gasteiger partial charge in [-0.05, 0) is 38.8 Å². The van der Waals surface area contributed by atoms with Gasteiger partial charge in [-0.2, -0.15) is 0 Å². The minimum absolute atomic E-state index is 0.0250. The molecule has 1 aliphatic rings. The fraction of sp³-hybridized carbons (Fsp3) is 0.500. The molecule has 1 aliphatic heterocycles. The van der Waals surface area contributed by atoms with E-state index in [1.807, 2.05) is 38.1 Å². The lowest BCUT2D eigenvalue weighted by molar-refractivity contribution is -0.137. The summed E-state index contributed by atoms with van der Waals surface area (Å²) in [5.74, 6) is -0.849. The number of rotatable bonds is 4. The molecule has 1 heterocycles. The van der Waals surface area contributed by atoms with Gasteiger partial charge >= 0.3 is 12.0 Å². The van der Waals surface area contributed by atoms with Gasteiger partial charge in [-0.15, -0.1) is 0 Å². The van der Waals surface area contributed by atoms with Crippen LogP contribution < -0.4 is 4.90 Å². The highest BCUT2D eigenvalue weighted by Gasteiger charge is 2.33. The number of hydrogen-bond donors (Lipinski definition) is 1. The fourth-order valence-electron chi connectivity index (χ4n) is 2.81. The molecule has 1 unspecified atom stereocenters. The number of amides is 2. The molecule has 5 heteroatoms. The lowest BCUT2D eigenvalue weighted by Crippen LogP contribution is -2.46. The van der Waals surface area contributed by atoms with Crippen molar-refractivity contribution >= 4 is 17.7 Å². The Balaban J connectivity index is 2.15. The summed E-state index contributed by atoms with van der Waals surface area (Å²) >= 11 is 0. The molecule has 1 fully saturated rings. The summed E-state index contributed by atoms with van der Waals surface area (Å²) in [6.07, 6.45) is 1.66.